The molecule has 0 heterocycles. The van der Waals surface area contributed by atoms with E-state index in [1.165, 1.54) is 24.3 Å². The predicted molar refractivity (Wildman–Crippen MR) is 128 cm³/mol. The van der Waals surface area contributed by atoms with Gasteiger partial charge in [0.25, 0.3) is 17.5 Å². The Kier molecular flexibility index (Phi) is 7.40. The molecule has 0 atom stereocenters. The van der Waals surface area contributed by atoms with E-state index in [1.54, 1.807) is 55.5 Å². The number of carbonyl (C=O) groups is 2. The number of nitro benzene ring substituents is 1. The van der Waals surface area contributed by atoms with Crippen molar-refractivity contribution in [2.45, 2.75) is 6.92 Å². The Balaban J connectivity index is 1.98. The summed E-state index contributed by atoms with van der Waals surface area (Å²) < 4.78 is 0.554. The van der Waals surface area contributed by atoms with Gasteiger partial charge < -0.3 is 10.6 Å². The summed E-state index contributed by atoms with van der Waals surface area (Å²) in [7, 11) is 0. The molecule has 0 unspecified atom stereocenters. The number of halogens is 2. The third-order valence-corrected chi connectivity index (χ3v) is 5.62. The third kappa shape index (κ3) is 5.60. The van der Waals surface area contributed by atoms with Crippen LogP contribution in [0.3, 0.4) is 0 Å². The Morgan fingerprint density at radius 3 is 2.50 bits per heavy atom. The van der Waals surface area contributed by atoms with Crippen LogP contribution in [0.5, 0.6) is 0 Å². The van der Waals surface area contributed by atoms with Gasteiger partial charge in [-0.05, 0) is 64.3 Å². The second-order valence-corrected chi connectivity index (χ2v) is 7.97. The molecule has 162 valence electrons. The van der Waals surface area contributed by atoms with Gasteiger partial charge in [-0.15, -0.1) is 0 Å². The number of non-ortho nitro benzene ring substituents is 1. The van der Waals surface area contributed by atoms with Gasteiger partial charge in [-0.1, -0.05) is 41.9 Å². The number of nitrogens with one attached hydrogen (secondary N) is 2. The Hall–Kier alpha value is -3.49. The minimum Gasteiger partial charge on any atom is -0.320 e. The number of rotatable bonds is 6. The van der Waals surface area contributed by atoms with Gasteiger partial charge in [0.2, 0.25) is 0 Å². The largest absolute Gasteiger partial charge is 0.320 e. The molecule has 0 aliphatic heterocycles. The predicted octanol–water partition coefficient (Wildman–Crippen LogP) is 5.73. The van der Waals surface area contributed by atoms with E-state index in [1.807, 2.05) is 0 Å². The van der Waals surface area contributed by atoms with Crippen molar-refractivity contribution in [1.29, 1.82) is 0 Å². The smallest absolute Gasteiger partial charge is 0.272 e. The Morgan fingerprint density at radius 1 is 1.06 bits per heavy atom. The van der Waals surface area contributed by atoms with Gasteiger partial charge in [0.15, 0.2) is 0 Å². The van der Waals surface area contributed by atoms with E-state index in [-0.39, 0.29) is 11.4 Å². The SMILES string of the molecule is Cc1c(Cl)cccc1NC(=O)C(=Cc1cccc([N+](=O)[O-])c1)NC(=O)c1ccccc1Br. The quantitative estimate of drug-likeness (QED) is 0.249. The van der Waals surface area contributed by atoms with E-state index in [2.05, 4.69) is 26.6 Å². The highest BCUT2D eigenvalue weighted by atomic mass is 79.9. The lowest BCUT2D eigenvalue weighted by Crippen LogP contribution is -2.31. The van der Waals surface area contributed by atoms with Crippen molar-refractivity contribution < 1.29 is 14.5 Å². The highest BCUT2D eigenvalue weighted by Gasteiger charge is 2.18. The number of benzene rings is 3. The van der Waals surface area contributed by atoms with Crippen molar-refractivity contribution in [2.24, 2.45) is 0 Å². The number of nitro groups is 1. The molecule has 0 bridgehead atoms. The van der Waals surface area contributed by atoms with E-state index in [0.717, 1.165) is 0 Å². The molecule has 0 radical (unpaired) electrons. The molecule has 0 fully saturated rings. The van der Waals surface area contributed by atoms with Crippen LogP contribution in [0.2, 0.25) is 5.02 Å². The normalized spacial score (nSPS) is 11.0. The summed E-state index contributed by atoms with van der Waals surface area (Å²) in [6.45, 7) is 1.75. The van der Waals surface area contributed by atoms with Crippen LogP contribution < -0.4 is 10.6 Å². The summed E-state index contributed by atoms with van der Waals surface area (Å²) in [6.07, 6.45) is 1.37. The molecule has 2 amide bonds. The van der Waals surface area contributed by atoms with Crippen molar-refractivity contribution in [3.8, 4) is 0 Å². The number of nitrogens with zero attached hydrogens (tertiary/aromatic N) is 1. The minimum absolute atomic E-state index is 0.0920. The lowest BCUT2D eigenvalue weighted by molar-refractivity contribution is -0.384. The van der Waals surface area contributed by atoms with Gasteiger partial charge in [-0.2, -0.15) is 0 Å². The van der Waals surface area contributed by atoms with Gasteiger partial charge >= 0.3 is 0 Å². The molecule has 0 aliphatic carbocycles. The van der Waals surface area contributed by atoms with Crippen LogP contribution in [-0.2, 0) is 4.79 Å². The monoisotopic (exact) mass is 513 g/mol. The van der Waals surface area contributed by atoms with Crippen molar-refractivity contribution >= 4 is 56.8 Å². The fourth-order valence-corrected chi connectivity index (χ4v) is 3.46. The van der Waals surface area contributed by atoms with Crippen molar-refractivity contribution in [1.82, 2.24) is 5.32 Å². The number of hydrogen-bond donors (Lipinski definition) is 2. The second kappa shape index (κ2) is 10.2. The molecular weight excluding hydrogens is 498 g/mol. The molecule has 3 rings (SSSR count). The zero-order valence-electron chi connectivity index (χ0n) is 16.8. The van der Waals surface area contributed by atoms with Crippen LogP contribution in [0.25, 0.3) is 6.08 Å². The van der Waals surface area contributed by atoms with Crippen LogP contribution in [0.1, 0.15) is 21.5 Å². The zero-order chi connectivity index (χ0) is 23.3. The number of amides is 2. The Labute approximate surface area is 197 Å². The molecular formula is C23H17BrClN3O4. The summed E-state index contributed by atoms with van der Waals surface area (Å²) in [5.41, 5.74) is 1.60. The summed E-state index contributed by atoms with van der Waals surface area (Å²) in [5.74, 6) is -1.13. The van der Waals surface area contributed by atoms with E-state index >= 15 is 0 Å². The maximum Gasteiger partial charge on any atom is 0.272 e. The van der Waals surface area contributed by atoms with Gasteiger partial charge in [0.1, 0.15) is 5.70 Å². The zero-order valence-corrected chi connectivity index (χ0v) is 19.1. The number of carbonyl (C=O) groups excluding carboxylic acids is 2. The summed E-state index contributed by atoms with van der Waals surface area (Å²) in [5, 5.41) is 16.9. The molecule has 7 nitrogen and oxygen atoms in total. The fourth-order valence-electron chi connectivity index (χ4n) is 2.82. The third-order valence-electron chi connectivity index (χ3n) is 4.52. The fraction of sp³-hybridized carbons (Fsp3) is 0.0435. The molecule has 3 aromatic carbocycles. The van der Waals surface area contributed by atoms with Crippen LogP contribution >= 0.6 is 27.5 Å². The van der Waals surface area contributed by atoms with Crippen molar-refractivity contribution in [2.75, 3.05) is 5.32 Å². The lowest BCUT2D eigenvalue weighted by Gasteiger charge is -2.14. The number of anilines is 1. The average molecular weight is 515 g/mol. The van der Waals surface area contributed by atoms with Crippen LogP contribution in [0.15, 0.2) is 76.9 Å². The van der Waals surface area contributed by atoms with Crippen molar-refractivity contribution in [3.63, 3.8) is 0 Å². The first-order valence-electron chi connectivity index (χ1n) is 9.35. The van der Waals surface area contributed by atoms with Crippen molar-refractivity contribution in [3.05, 3.63) is 109 Å². The average Bonchev–Trinajstić information content (AvgIpc) is 2.76. The molecule has 0 aliphatic rings. The van der Waals surface area contributed by atoms with E-state index in [9.17, 15) is 19.7 Å². The van der Waals surface area contributed by atoms with Crippen LogP contribution in [0.4, 0.5) is 11.4 Å². The summed E-state index contributed by atoms with van der Waals surface area (Å²) in [6, 6.07) is 17.6. The molecule has 0 saturated heterocycles. The van der Waals surface area contributed by atoms with Gasteiger partial charge in [-0.25, -0.2) is 0 Å². The standard InChI is InChI=1S/C23H17BrClN3O4/c1-14-19(25)10-5-11-20(14)26-23(30)21(13-15-6-4-7-16(12-15)28(31)32)27-22(29)17-8-2-3-9-18(17)24/h2-13H,1H3,(H,26,30)(H,27,29). The first kappa shape index (κ1) is 23.2. The van der Waals surface area contributed by atoms with Crippen LogP contribution in [0, 0.1) is 17.0 Å². The van der Waals surface area contributed by atoms with Crippen LogP contribution in [-0.4, -0.2) is 16.7 Å². The molecule has 0 spiro atoms. The topological polar surface area (TPSA) is 101 Å². The Bertz CT molecular complexity index is 1240. The maximum atomic E-state index is 13.1. The summed E-state index contributed by atoms with van der Waals surface area (Å²) >= 11 is 9.45. The minimum atomic E-state index is -0.609. The highest BCUT2D eigenvalue weighted by molar-refractivity contribution is 9.10. The maximum absolute atomic E-state index is 13.1. The molecule has 2 N–H and O–H groups in total. The van der Waals surface area contributed by atoms with Gasteiger partial charge in [0, 0.05) is 27.3 Å². The van der Waals surface area contributed by atoms with Gasteiger partial charge in [-0.3, -0.25) is 19.7 Å². The number of hydrogen-bond acceptors (Lipinski definition) is 4. The molecule has 32 heavy (non-hydrogen) atoms. The first-order valence-corrected chi connectivity index (χ1v) is 10.5. The molecule has 0 aromatic heterocycles. The Morgan fingerprint density at radius 2 is 1.78 bits per heavy atom. The lowest BCUT2D eigenvalue weighted by atomic mass is 10.1. The molecule has 9 heteroatoms. The van der Waals surface area contributed by atoms with E-state index < -0.39 is 16.7 Å². The van der Waals surface area contributed by atoms with E-state index in [4.69, 9.17) is 11.6 Å². The van der Waals surface area contributed by atoms with E-state index in [0.29, 0.717) is 31.9 Å². The van der Waals surface area contributed by atoms with Gasteiger partial charge in [0.05, 0.1) is 10.5 Å². The molecule has 3 aromatic rings. The second-order valence-electron chi connectivity index (χ2n) is 6.71. The molecule has 0 saturated carbocycles. The summed E-state index contributed by atoms with van der Waals surface area (Å²) in [4.78, 5) is 36.5. The first-order chi connectivity index (χ1) is 15.3. The highest BCUT2D eigenvalue weighted by Crippen LogP contribution is 2.24.